The van der Waals surface area contributed by atoms with Gasteiger partial charge in [-0.1, -0.05) is 232 Å². The van der Waals surface area contributed by atoms with Gasteiger partial charge in [0.15, 0.2) is 0 Å². The summed E-state index contributed by atoms with van der Waals surface area (Å²) in [6, 6.07) is 34.3. The van der Waals surface area contributed by atoms with Crippen LogP contribution in [0.2, 0.25) is 96.7 Å². The lowest BCUT2D eigenvalue weighted by Gasteiger charge is -2.30. The molecule has 5 rings (SSSR count). The monoisotopic (exact) mass is 1030 g/mol. The zero-order valence-electron chi connectivity index (χ0n) is 47.3. The summed E-state index contributed by atoms with van der Waals surface area (Å²) < 4.78 is 3.40. The molecule has 0 fully saturated rings. The fourth-order valence-corrected chi connectivity index (χ4v) is 29.3. The first kappa shape index (κ1) is 57.9. The van der Waals surface area contributed by atoms with E-state index in [-0.39, 0.29) is 0 Å². The largest absolute Gasteiger partial charge is 0.140 e. The molecule has 0 atom stereocenters. The van der Waals surface area contributed by atoms with Crippen molar-refractivity contribution in [3.05, 3.63) is 56.3 Å². The van der Waals surface area contributed by atoms with Crippen LogP contribution in [0.5, 0.6) is 0 Å². The quantitative estimate of drug-likeness (QED) is 0.0219. The molecule has 2 aromatic heterocycles. The highest BCUT2D eigenvalue weighted by Crippen LogP contribution is 2.48. The molecule has 0 aliphatic carbocycles. The molecule has 0 saturated heterocycles. The van der Waals surface area contributed by atoms with Crippen LogP contribution in [0.15, 0.2) is 24.3 Å². The number of hydrogen-bond acceptors (Lipinski definition) is 2. The van der Waals surface area contributed by atoms with Crippen molar-refractivity contribution in [2.24, 2.45) is 0 Å². The molecule has 0 spiro atoms. The summed E-state index contributed by atoms with van der Waals surface area (Å²) >= 11 is 4.49. The van der Waals surface area contributed by atoms with Gasteiger partial charge in [-0.25, -0.2) is 0 Å². The fourth-order valence-electron chi connectivity index (χ4n) is 13.3. The lowest BCUT2D eigenvalue weighted by molar-refractivity contribution is 0.670. The summed E-state index contributed by atoms with van der Waals surface area (Å²) in [7, 11) is -5.43. The van der Waals surface area contributed by atoms with Gasteiger partial charge in [-0.2, -0.15) is 0 Å². The molecule has 3 aromatic carbocycles. The second kappa shape index (κ2) is 27.3. The van der Waals surface area contributed by atoms with E-state index in [4.69, 9.17) is 0 Å². The summed E-state index contributed by atoms with van der Waals surface area (Å²) in [6.07, 6.45) is 18.4. The van der Waals surface area contributed by atoms with E-state index < -0.39 is 32.3 Å². The highest BCUT2D eigenvalue weighted by atomic mass is 32.1. The van der Waals surface area contributed by atoms with Crippen molar-refractivity contribution < 1.29 is 0 Å². The average molecular weight is 1030 g/mol. The second-order valence-corrected chi connectivity index (χ2v) is 47.4. The SMILES string of the molecule is CCCCCCc1cc2c(CC[Si](CC)(CC)CC)c3cc4c(CC[Si](CC)(CC)CC)c5sc(CCCCCC)cc5c(CC[Si](CC)(CC)CC)c4cc3c(CC[Si](CC)(CC)CC)c2s1. The van der Waals surface area contributed by atoms with Crippen LogP contribution in [-0.2, 0) is 38.5 Å². The number of hydrogen-bond donors (Lipinski definition) is 0. The number of fused-ring (bicyclic) bond motifs is 4. The minimum atomic E-state index is -1.36. The predicted molar refractivity (Wildman–Crippen MR) is 331 cm³/mol. The third-order valence-corrected chi connectivity index (χ3v) is 46.1. The van der Waals surface area contributed by atoms with Crippen LogP contribution in [0, 0.1) is 0 Å². The van der Waals surface area contributed by atoms with Crippen LogP contribution < -0.4 is 0 Å². The molecule has 2 heterocycles. The van der Waals surface area contributed by atoms with Crippen LogP contribution in [-0.4, -0.2) is 32.3 Å². The molecule has 0 N–H and O–H groups in total. The van der Waals surface area contributed by atoms with Crippen LogP contribution in [0.25, 0.3) is 41.7 Å². The van der Waals surface area contributed by atoms with Crippen molar-refractivity contribution in [1.29, 1.82) is 0 Å². The van der Waals surface area contributed by atoms with Gasteiger partial charge in [0.25, 0.3) is 0 Å². The molecule has 0 aliphatic rings. The molecular weight excluding hydrogens is 921 g/mol. The zero-order valence-corrected chi connectivity index (χ0v) is 53.0. The highest BCUT2D eigenvalue weighted by molar-refractivity contribution is 7.19. The third-order valence-electron chi connectivity index (χ3n) is 20.4. The van der Waals surface area contributed by atoms with E-state index in [1.54, 1.807) is 73.7 Å². The van der Waals surface area contributed by atoms with Crippen molar-refractivity contribution in [2.75, 3.05) is 0 Å². The number of aryl methyl sites for hydroxylation is 6. The minimum Gasteiger partial charge on any atom is -0.140 e. The minimum absolute atomic E-state index is 1.26. The first-order chi connectivity index (χ1) is 32.9. The molecule has 0 unspecified atom stereocenters. The van der Waals surface area contributed by atoms with Crippen molar-refractivity contribution in [3.8, 4) is 0 Å². The van der Waals surface area contributed by atoms with Gasteiger partial charge in [-0.05, 0) is 130 Å². The van der Waals surface area contributed by atoms with Crippen molar-refractivity contribution in [1.82, 2.24) is 0 Å². The van der Waals surface area contributed by atoms with Gasteiger partial charge in [0.2, 0.25) is 0 Å². The average Bonchev–Trinajstić information content (AvgIpc) is 4.01. The first-order valence-corrected chi connectivity index (χ1v) is 42.8. The van der Waals surface area contributed by atoms with E-state index in [2.05, 4.69) is 144 Å². The van der Waals surface area contributed by atoms with E-state index in [1.807, 2.05) is 0 Å². The maximum atomic E-state index is 2.93. The van der Waals surface area contributed by atoms with Crippen molar-refractivity contribution in [2.45, 2.75) is 284 Å². The molecule has 0 radical (unpaired) electrons. The van der Waals surface area contributed by atoms with E-state index in [0.29, 0.717) is 0 Å². The molecule has 68 heavy (non-hydrogen) atoms. The molecular formula is C62H106S2Si4. The Morgan fingerprint density at radius 2 is 0.544 bits per heavy atom. The second-order valence-electron chi connectivity index (χ2n) is 22.6. The van der Waals surface area contributed by atoms with Crippen molar-refractivity contribution >= 4 is 96.7 Å². The molecule has 0 nitrogen and oxygen atoms in total. The predicted octanol–water partition coefficient (Wildman–Crippen LogP) is 22.9. The molecule has 0 aliphatic heterocycles. The van der Waals surface area contributed by atoms with Gasteiger partial charge >= 0.3 is 0 Å². The Balaban J connectivity index is 1.98. The number of unbranched alkanes of at least 4 members (excludes halogenated alkanes) is 6. The molecule has 0 amide bonds. The highest BCUT2D eigenvalue weighted by Gasteiger charge is 2.33. The fraction of sp³-hybridized carbons (Fsp3) is 0.710. The normalized spacial score (nSPS) is 13.1. The van der Waals surface area contributed by atoms with E-state index in [1.165, 1.54) is 187 Å². The maximum Gasteiger partial charge on any atom is 0.0530 e. The summed E-state index contributed by atoms with van der Waals surface area (Å²) in [5.41, 5.74) is 7.01. The lowest BCUT2D eigenvalue weighted by Crippen LogP contribution is -2.32. The summed E-state index contributed by atoms with van der Waals surface area (Å²) in [5, 5.41) is 10.0. The number of rotatable bonds is 34. The van der Waals surface area contributed by atoms with Gasteiger partial charge in [0.05, 0.1) is 32.3 Å². The topological polar surface area (TPSA) is 0 Å². The van der Waals surface area contributed by atoms with Gasteiger partial charge in [-0.3, -0.25) is 0 Å². The number of thiophene rings is 2. The maximum absolute atomic E-state index is 2.93. The molecule has 0 saturated carbocycles. The summed E-state index contributed by atoms with van der Waals surface area (Å²) in [6.45, 7) is 35.3. The standard InChI is InChI=1S/C62H106S2Si4/c1-15-29-31-33-35-49-45-59-51(37-41-65(17-3,18-4)19-5)55-47-58-54(40-44-68(26-12,27-13)28-14)62-60(46-50(64-62)36-34-32-30-16-2)52(38-42-66(20-6,21-7)22-8)56(58)48-57(55)53(61(59)63-49)39-43-67(23-9,24-10)25-11/h45-48H,15-44H2,1-14H3. The molecule has 5 aromatic rings. The van der Waals surface area contributed by atoms with Gasteiger partial charge in [-0.15, -0.1) is 22.7 Å². The lowest BCUT2D eigenvalue weighted by atomic mass is 9.87. The van der Waals surface area contributed by atoms with Crippen LogP contribution in [0.1, 0.15) is 180 Å². The Hall–Kier alpha value is -1.03. The Kier molecular flexibility index (Phi) is 23.2. The van der Waals surface area contributed by atoms with Gasteiger partial charge < -0.3 is 0 Å². The Morgan fingerprint density at radius 3 is 0.809 bits per heavy atom. The number of benzene rings is 3. The van der Waals surface area contributed by atoms with E-state index in [9.17, 15) is 0 Å². The smallest absolute Gasteiger partial charge is 0.0530 e. The first-order valence-electron chi connectivity index (χ1n) is 29.8. The Labute approximate surface area is 433 Å². The van der Waals surface area contributed by atoms with Crippen LogP contribution in [0.3, 0.4) is 0 Å². The third kappa shape index (κ3) is 13.0. The van der Waals surface area contributed by atoms with Crippen LogP contribution >= 0.6 is 22.7 Å². The van der Waals surface area contributed by atoms with E-state index in [0.717, 1.165) is 0 Å². The molecule has 0 bridgehead atoms. The van der Waals surface area contributed by atoms with Crippen molar-refractivity contribution in [3.63, 3.8) is 0 Å². The summed E-state index contributed by atoms with van der Waals surface area (Å²) in [4.78, 5) is 3.34. The Bertz CT molecular complexity index is 1960. The molecule has 6 heteroatoms. The zero-order chi connectivity index (χ0) is 49.5. The van der Waals surface area contributed by atoms with Crippen LogP contribution in [0.4, 0.5) is 0 Å². The van der Waals surface area contributed by atoms with Gasteiger partial charge in [0, 0.05) is 19.2 Å². The molecule has 382 valence electrons. The summed E-state index contributed by atoms with van der Waals surface area (Å²) in [5.74, 6) is 0. The Morgan fingerprint density at radius 1 is 0.279 bits per heavy atom. The van der Waals surface area contributed by atoms with E-state index >= 15 is 0 Å². The van der Waals surface area contributed by atoms with Gasteiger partial charge in [0.1, 0.15) is 0 Å².